The minimum atomic E-state index is -0.561. The Morgan fingerprint density at radius 2 is 2.22 bits per heavy atom. The number of hydrogen-bond donors (Lipinski definition) is 1. The van der Waals surface area contributed by atoms with Crippen LogP contribution >= 0.6 is 11.6 Å². The highest BCUT2D eigenvalue weighted by Crippen LogP contribution is 2.16. The summed E-state index contributed by atoms with van der Waals surface area (Å²) in [6, 6.07) is 9.30. The molecule has 1 aromatic carbocycles. The van der Waals surface area contributed by atoms with Gasteiger partial charge in [0.05, 0.1) is 18.0 Å². The number of rotatable bonds is 7. The lowest BCUT2D eigenvalue weighted by Gasteiger charge is -2.06. The maximum absolute atomic E-state index is 11.8. The van der Waals surface area contributed by atoms with Crippen molar-refractivity contribution in [1.82, 2.24) is 9.78 Å². The van der Waals surface area contributed by atoms with Gasteiger partial charge in [-0.3, -0.25) is 10.00 Å². The molecule has 2 aromatic rings. The Hall–Kier alpha value is -2.52. The molecule has 0 aliphatic carbocycles. The van der Waals surface area contributed by atoms with Crippen LogP contribution in [0, 0.1) is 11.3 Å². The lowest BCUT2D eigenvalue weighted by atomic mass is 10.2. The third kappa shape index (κ3) is 5.64. The maximum atomic E-state index is 11.8. The predicted octanol–water partition coefficient (Wildman–Crippen LogP) is 3.98. The molecule has 0 bridgehead atoms. The monoisotopic (exact) mass is 332 g/mol. The van der Waals surface area contributed by atoms with Crippen LogP contribution in [0.15, 0.2) is 36.7 Å². The van der Waals surface area contributed by atoms with E-state index in [1.54, 1.807) is 29.2 Å². The van der Waals surface area contributed by atoms with Gasteiger partial charge >= 0.3 is 6.09 Å². The topological polar surface area (TPSA) is 79.9 Å². The van der Waals surface area contributed by atoms with Gasteiger partial charge in [-0.1, -0.05) is 29.8 Å². The van der Waals surface area contributed by atoms with E-state index in [0.717, 1.165) is 18.4 Å². The number of carbonyl (C=O) groups excluding carboxylic acids is 1. The van der Waals surface area contributed by atoms with Crippen molar-refractivity contribution in [1.29, 1.82) is 5.26 Å². The average molecular weight is 333 g/mol. The van der Waals surface area contributed by atoms with Gasteiger partial charge in [0, 0.05) is 29.7 Å². The number of benzene rings is 1. The molecule has 7 heteroatoms. The number of nitrogens with zero attached hydrogens (tertiary/aromatic N) is 3. The number of hydrogen-bond acceptors (Lipinski definition) is 4. The fourth-order valence-corrected chi connectivity index (χ4v) is 2.13. The summed E-state index contributed by atoms with van der Waals surface area (Å²) >= 11 is 6.00. The largest absolute Gasteiger partial charge is 0.444 e. The zero-order chi connectivity index (χ0) is 16.5. The van der Waals surface area contributed by atoms with Crippen molar-refractivity contribution < 1.29 is 9.53 Å². The number of ether oxygens (including phenoxy) is 1. The highest BCUT2D eigenvalue weighted by Gasteiger charge is 2.07. The van der Waals surface area contributed by atoms with Crippen molar-refractivity contribution in [2.24, 2.45) is 0 Å². The van der Waals surface area contributed by atoms with E-state index >= 15 is 0 Å². The van der Waals surface area contributed by atoms with E-state index < -0.39 is 6.09 Å². The number of carbonyl (C=O) groups is 1. The van der Waals surface area contributed by atoms with Crippen LogP contribution in [0.5, 0.6) is 0 Å². The Morgan fingerprint density at radius 1 is 1.39 bits per heavy atom. The fraction of sp³-hybridized carbons (Fsp3) is 0.312. The molecule has 0 radical (unpaired) electrons. The van der Waals surface area contributed by atoms with E-state index in [-0.39, 0.29) is 6.61 Å². The lowest BCUT2D eigenvalue weighted by molar-refractivity contribution is 0.155. The average Bonchev–Trinajstić information content (AvgIpc) is 2.98. The van der Waals surface area contributed by atoms with Crippen molar-refractivity contribution in [3.05, 3.63) is 47.2 Å². The first-order valence-electron chi connectivity index (χ1n) is 7.25. The van der Waals surface area contributed by atoms with Crippen LogP contribution in [0.2, 0.25) is 5.02 Å². The molecule has 0 saturated carbocycles. The van der Waals surface area contributed by atoms with Crippen LogP contribution in [0.1, 0.15) is 24.8 Å². The Balaban J connectivity index is 1.76. The molecule has 2 rings (SSSR count). The zero-order valence-electron chi connectivity index (χ0n) is 12.5. The highest BCUT2D eigenvalue weighted by atomic mass is 35.5. The van der Waals surface area contributed by atoms with Crippen molar-refractivity contribution in [3.8, 4) is 6.07 Å². The molecule has 0 spiro atoms. The van der Waals surface area contributed by atoms with Gasteiger partial charge in [-0.25, -0.2) is 4.79 Å². The SMILES string of the molecule is N#CCCCCn1cc(NC(=O)OCc2ccccc2Cl)cn1. The number of unbranched alkanes of at least 4 members (excludes halogenated alkanes) is 2. The molecule has 0 unspecified atom stereocenters. The molecule has 23 heavy (non-hydrogen) atoms. The summed E-state index contributed by atoms with van der Waals surface area (Å²) in [7, 11) is 0. The molecular formula is C16H17ClN4O2. The van der Waals surface area contributed by atoms with Crippen molar-refractivity contribution in [2.75, 3.05) is 5.32 Å². The van der Waals surface area contributed by atoms with Crippen LogP contribution in [-0.2, 0) is 17.9 Å². The predicted molar refractivity (Wildman–Crippen MR) is 87.0 cm³/mol. The summed E-state index contributed by atoms with van der Waals surface area (Å²) in [6.07, 6.45) is 4.96. The zero-order valence-corrected chi connectivity index (χ0v) is 13.3. The quantitative estimate of drug-likeness (QED) is 0.778. The molecule has 0 saturated heterocycles. The maximum Gasteiger partial charge on any atom is 0.412 e. The Kier molecular flexibility index (Phi) is 6.45. The van der Waals surface area contributed by atoms with Crippen molar-refractivity contribution in [2.45, 2.75) is 32.4 Å². The van der Waals surface area contributed by atoms with Gasteiger partial charge < -0.3 is 4.74 Å². The van der Waals surface area contributed by atoms with E-state index in [1.807, 2.05) is 12.1 Å². The molecule has 1 aromatic heterocycles. The molecular weight excluding hydrogens is 316 g/mol. The van der Waals surface area contributed by atoms with E-state index in [1.165, 1.54) is 0 Å². The Bertz CT molecular complexity index is 693. The smallest absolute Gasteiger partial charge is 0.412 e. The second kappa shape index (κ2) is 8.81. The number of nitriles is 1. The van der Waals surface area contributed by atoms with Crippen LogP contribution in [0.25, 0.3) is 0 Å². The van der Waals surface area contributed by atoms with Gasteiger partial charge in [-0.15, -0.1) is 0 Å². The van der Waals surface area contributed by atoms with Crippen LogP contribution in [0.3, 0.4) is 0 Å². The number of halogens is 1. The van der Waals surface area contributed by atoms with Crippen LogP contribution in [-0.4, -0.2) is 15.9 Å². The van der Waals surface area contributed by atoms with Gasteiger partial charge in [0.1, 0.15) is 6.61 Å². The van der Waals surface area contributed by atoms with Crippen LogP contribution < -0.4 is 5.32 Å². The number of nitrogens with one attached hydrogen (secondary N) is 1. The lowest BCUT2D eigenvalue weighted by Crippen LogP contribution is -2.13. The molecule has 1 amide bonds. The van der Waals surface area contributed by atoms with Gasteiger partial charge in [0.25, 0.3) is 0 Å². The summed E-state index contributed by atoms with van der Waals surface area (Å²) in [4.78, 5) is 11.8. The molecule has 120 valence electrons. The molecule has 1 heterocycles. The summed E-state index contributed by atoms with van der Waals surface area (Å²) in [5.41, 5.74) is 1.31. The molecule has 6 nitrogen and oxygen atoms in total. The second-order valence-electron chi connectivity index (χ2n) is 4.90. The van der Waals surface area contributed by atoms with Crippen LogP contribution in [0.4, 0.5) is 10.5 Å². The summed E-state index contributed by atoms with van der Waals surface area (Å²) in [5.74, 6) is 0. The van der Waals surface area contributed by atoms with Gasteiger partial charge in [-0.2, -0.15) is 10.4 Å². The standard InChI is InChI=1S/C16H17ClN4O2/c17-15-7-3-2-6-13(15)12-23-16(22)20-14-10-19-21(11-14)9-5-1-4-8-18/h2-3,6-7,10-11H,1,4-5,9,12H2,(H,20,22). The first kappa shape index (κ1) is 16.8. The minimum absolute atomic E-state index is 0.105. The van der Waals surface area contributed by atoms with E-state index in [2.05, 4.69) is 16.5 Å². The number of anilines is 1. The second-order valence-corrected chi connectivity index (χ2v) is 5.31. The normalized spacial score (nSPS) is 10.1. The molecule has 0 aliphatic heterocycles. The molecule has 0 aliphatic rings. The number of amides is 1. The van der Waals surface area contributed by atoms with Gasteiger partial charge in [-0.05, 0) is 18.9 Å². The number of aromatic nitrogens is 2. The molecule has 1 N–H and O–H groups in total. The molecule has 0 atom stereocenters. The van der Waals surface area contributed by atoms with Gasteiger partial charge in [0.15, 0.2) is 0 Å². The van der Waals surface area contributed by atoms with Crippen molar-refractivity contribution in [3.63, 3.8) is 0 Å². The highest BCUT2D eigenvalue weighted by molar-refractivity contribution is 6.31. The van der Waals surface area contributed by atoms with E-state index in [4.69, 9.17) is 21.6 Å². The summed E-state index contributed by atoms with van der Waals surface area (Å²) in [6.45, 7) is 0.811. The first-order valence-corrected chi connectivity index (χ1v) is 7.63. The third-order valence-electron chi connectivity index (χ3n) is 3.12. The fourth-order valence-electron chi connectivity index (χ4n) is 1.94. The van der Waals surface area contributed by atoms with E-state index in [9.17, 15) is 4.79 Å². The third-order valence-corrected chi connectivity index (χ3v) is 3.49. The number of aryl methyl sites for hydroxylation is 1. The summed E-state index contributed by atoms with van der Waals surface area (Å²) in [5, 5.41) is 15.8. The Labute approximate surface area is 139 Å². The Morgan fingerprint density at radius 3 is 3.00 bits per heavy atom. The summed E-state index contributed by atoms with van der Waals surface area (Å²) < 4.78 is 6.85. The molecule has 0 fully saturated rings. The van der Waals surface area contributed by atoms with Gasteiger partial charge in [0.2, 0.25) is 0 Å². The first-order chi connectivity index (χ1) is 11.2. The van der Waals surface area contributed by atoms with E-state index in [0.29, 0.717) is 23.7 Å². The minimum Gasteiger partial charge on any atom is -0.444 e. The van der Waals surface area contributed by atoms with Crippen molar-refractivity contribution >= 4 is 23.4 Å².